The summed E-state index contributed by atoms with van der Waals surface area (Å²) in [5, 5.41) is 18.6. The molecule has 7 heteroatoms. The van der Waals surface area contributed by atoms with Gasteiger partial charge in [-0.25, -0.2) is 0 Å². The van der Waals surface area contributed by atoms with Crippen LogP contribution in [0.1, 0.15) is 52.4 Å². The first kappa shape index (κ1) is 31.8. The van der Waals surface area contributed by atoms with Crippen molar-refractivity contribution in [2.45, 2.75) is 52.4 Å². The average Bonchev–Trinajstić information content (AvgIpc) is 2.11. The molecular formula is C11H19LiNa2O4. The molecule has 0 heterocycles. The van der Waals surface area contributed by atoms with Gasteiger partial charge < -0.3 is 26.2 Å². The quantitative estimate of drug-likeness (QED) is 0.199. The maximum Gasteiger partial charge on any atom is 1.00 e. The minimum Gasteiger partial charge on any atom is -0.550 e. The normalized spacial score (nSPS) is 7.44. The Balaban J connectivity index is -0.0000000540. The van der Waals surface area contributed by atoms with E-state index in [0.717, 1.165) is 0 Å². The predicted molar refractivity (Wildman–Crippen MR) is 53.4 cm³/mol. The van der Waals surface area contributed by atoms with Crippen molar-refractivity contribution in [3.63, 3.8) is 0 Å². The van der Waals surface area contributed by atoms with Crippen LogP contribution in [0.4, 0.5) is 0 Å². The topological polar surface area (TPSA) is 80.3 Å². The van der Waals surface area contributed by atoms with E-state index >= 15 is 0 Å². The summed E-state index contributed by atoms with van der Waals surface area (Å²) in [6.45, 7) is 4.38. The van der Waals surface area contributed by atoms with Crippen molar-refractivity contribution in [1.29, 1.82) is 0 Å². The van der Waals surface area contributed by atoms with Crippen LogP contribution in [0.3, 0.4) is 0 Å². The first-order valence-corrected chi connectivity index (χ1v) is 5.22. The van der Waals surface area contributed by atoms with Gasteiger partial charge in [-0.1, -0.05) is 32.6 Å². The number of carbonyl (C=O) groups excluding carboxylic acids is 2. The molecule has 0 aliphatic heterocycles. The first-order chi connectivity index (χ1) is 7.04. The number of aliphatic carboxylic acids is 2. The van der Waals surface area contributed by atoms with Gasteiger partial charge in [0.2, 0.25) is 0 Å². The predicted octanol–water partition coefficient (Wildman–Crippen LogP) is -8.93. The molecule has 0 atom stereocenters. The Bertz CT molecular complexity index is 162. The second-order valence-corrected chi connectivity index (χ2v) is 3.18. The summed E-state index contributed by atoms with van der Waals surface area (Å²) >= 11 is 0. The van der Waals surface area contributed by atoms with Crippen LogP contribution in [-0.4, -0.2) is 11.9 Å². The summed E-state index contributed by atoms with van der Waals surface area (Å²) in [6.07, 6.45) is 8.10. The molecule has 0 aliphatic rings. The number of carbonyl (C=O) groups is 2. The summed E-state index contributed by atoms with van der Waals surface area (Å²) in [4.78, 5) is 18.6. The van der Waals surface area contributed by atoms with Crippen molar-refractivity contribution in [2.75, 3.05) is 0 Å². The largest absolute Gasteiger partial charge is 1.00 e. The zero-order chi connectivity index (χ0) is 12.1. The van der Waals surface area contributed by atoms with Crippen molar-refractivity contribution >= 4 is 11.9 Å². The van der Waals surface area contributed by atoms with E-state index in [2.05, 4.69) is 20.3 Å². The molecule has 0 fully saturated rings. The molecule has 90 valence electrons. The molecule has 0 aromatic heterocycles. The minimum atomic E-state index is -1.63. The van der Waals surface area contributed by atoms with E-state index in [-0.39, 0.29) is 78.0 Å². The molecule has 0 aromatic rings. The van der Waals surface area contributed by atoms with E-state index in [0.29, 0.717) is 0 Å². The van der Waals surface area contributed by atoms with E-state index in [1.54, 1.807) is 0 Å². The molecule has 0 saturated heterocycles. The zero-order valence-electron chi connectivity index (χ0n) is 12.5. The fourth-order valence-corrected chi connectivity index (χ4v) is 0.893. The third-order valence-electron chi connectivity index (χ3n) is 1.64. The van der Waals surface area contributed by atoms with Crippen LogP contribution in [0.2, 0.25) is 0 Å². The smallest absolute Gasteiger partial charge is 0.550 e. The van der Waals surface area contributed by atoms with Crippen LogP contribution in [0.15, 0.2) is 0 Å². The number of hydrogen-bond acceptors (Lipinski definition) is 4. The molecule has 0 amide bonds. The molecule has 0 aliphatic carbocycles. The number of hydrogen-bond donors (Lipinski definition) is 0. The van der Waals surface area contributed by atoms with Gasteiger partial charge in [0, 0.05) is 18.4 Å². The Morgan fingerprint density at radius 3 is 1.67 bits per heavy atom. The van der Waals surface area contributed by atoms with Crippen LogP contribution >= 0.6 is 0 Å². The Kier molecular flexibility index (Phi) is 47.6. The molecule has 0 bridgehead atoms. The second kappa shape index (κ2) is 27.0. The van der Waals surface area contributed by atoms with E-state index in [9.17, 15) is 19.8 Å². The van der Waals surface area contributed by atoms with E-state index in [4.69, 9.17) is 0 Å². The number of unbranched alkanes of at least 4 members (excludes halogenated alkanes) is 5. The summed E-state index contributed by atoms with van der Waals surface area (Å²) in [6, 6.07) is 0. The second-order valence-electron chi connectivity index (χ2n) is 3.18. The Morgan fingerprint density at radius 1 is 1.00 bits per heavy atom. The van der Waals surface area contributed by atoms with Crippen LogP contribution in [0.5, 0.6) is 0 Å². The number of carboxylic acid groups (broad SMARTS) is 2. The van der Waals surface area contributed by atoms with Crippen LogP contribution in [0, 0.1) is 6.42 Å². The third kappa shape index (κ3) is 43.2. The van der Waals surface area contributed by atoms with Crippen molar-refractivity contribution < 1.29 is 97.8 Å². The fourth-order valence-electron chi connectivity index (χ4n) is 0.893. The third-order valence-corrected chi connectivity index (χ3v) is 1.64. The summed E-state index contributed by atoms with van der Waals surface area (Å²) in [5.74, 6) is -3.25. The SMILES string of the molecule is C[CH-]CCCCCC.O=C([O-])CC(=O)[O-].[Li+].[Na+].[Na+]. The molecule has 0 unspecified atom stereocenters. The van der Waals surface area contributed by atoms with Crippen LogP contribution in [-0.2, 0) is 9.59 Å². The average molecular weight is 268 g/mol. The molecule has 18 heavy (non-hydrogen) atoms. The minimum absolute atomic E-state index is 0. The van der Waals surface area contributed by atoms with Gasteiger partial charge in [0.25, 0.3) is 0 Å². The molecule has 0 N–H and O–H groups in total. The van der Waals surface area contributed by atoms with Crippen LogP contribution < -0.4 is 88.2 Å². The summed E-state index contributed by atoms with van der Waals surface area (Å²) in [5.41, 5.74) is 0. The van der Waals surface area contributed by atoms with Gasteiger partial charge in [-0.15, -0.1) is 0 Å². The van der Waals surface area contributed by atoms with Gasteiger partial charge in [0.05, 0.1) is 0 Å². The maximum absolute atomic E-state index is 9.28. The molecule has 4 nitrogen and oxygen atoms in total. The summed E-state index contributed by atoms with van der Waals surface area (Å²) < 4.78 is 0. The van der Waals surface area contributed by atoms with Crippen molar-refractivity contribution in [1.82, 2.24) is 0 Å². The van der Waals surface area contributed by atoms with E-state index < -0.39 is 18.4 Å². The van der Waals surface area contributed by atoms with Gasteiger partial charge in [-0.3, -0.25) is 0 Å². The summed E-state index contributed by atoms with van der Waals surface area (Å²) in [7, 11) is 0. The first-order valence-electron chi connectivity index (χ1n) is 5.22. The van der Waals surface area contributed by atoms with Gasteiger partial charge in [-0.2, -0.15) is 13.3 Å². The zero-order valence-corrected chi connectivity index (χ0v) is 16.5. The van der Waals surface area contributed by atoms with Crippen molar-refractivity contribution in [3.05, 3.63) is 6.42 Å². The Morgan fingerprint density at radius 2 is 1.44 bits per heavy atom. The molecule has 0 aromatic carbocycles. The Hall–Kier alpha value is 1.54. The monoisotopic (exact) mass is 268 g/mol. The van der Waals surface area contributed by atoms with Crippen molar-refractivity contribution in [3.8, 4) is 0 Å². The van der Waals surface area contributed by atoms with Gasteiger partial charge >= 0.3 is 78.0 Å². The number of carboxylic acids is 2. The molecule has 0 saturated carbocycles. The van der Waals surface area contributed by atoms with Gasteiger partial charge in [0.1, 0.15) is 0 Å². The van der Waals surface area contributed by atoms with E-state index in [1.807, 2.05) is 0 Å². The molecule has 0 rings (SSSR count). The molecule has 0 spiro atoms. The van der Waals surface area contributed by atoms with Gasteiger partial charge in [-0.05, 0) is 0 Å². The molecule has 0 radical (unpaired) electrons. The number of rotatable bonds is 7. The van der Waals surface area contributed by atoms with Gasteiger partial charge in [0.15, 0.2) is 0 Å². The van der Waals surface area contributed by atoms with Crippen molar-refractivity contribution in [2.24, 2.45) is 0 Å². The standard InChI is InChI=1S/C8H17.C3H4O4.Li.2Na/c1-3-5-7-8-6-4-2;4-2(5)1-3(6)7;;;/h3H,4-8H2,1-2H3;1H2,(H,4,5)(H,6,7);;;/q-1;;3*+1/p-2. The van der Waals surface area contributed by atoms with E-state index in [1.165, 1.54) is 32.1 Å². The Labute approximate surface area is 166 Å². The molecular weight excluding hydrogens is 249 g/mol. The fraction of sp³-hybridized carbons (Fsp3) is 0.727. The maximum atomic E-state index is 9.28. The van der Waals surface area contributed by atoms with Crippen LogP contribution in [0.25, 0.3) is 0 Å².